The van der Waals surface area contributed by atoms with Crippen LogP contribution in [0.2, 0.25) is 0 Å². The summed E-state index contributed by atoms with van der Waals surface area (Å²) in [4.78, 5) is 2.48. The lowest BCUT2D eigenvalue weighted by molar-refractivity contribution is 0.218. The standard InChI is InChI=1S/C11H22N2/c1-4-9-13(11(2)3)10-7-5-6-8-12/h11H,4-7,9-10H2,1-3H3. The summed E-state index contributed by atoms with van der Waals surface area (Å²) in [6.07, 6.45) is 4.13. The van der Waals surface area contributed by atoms with Crippen LogP contribution in [0, 0.1) is 11.3 Å². The maximum atomic E-state index is 8.38. The SMILES string of the molecule is CCCN(CCCCC#N)C(C)C. The minimum atomic E-state index is 0.641. The van der Waals surface area contributed by atoms with Crippen LogP contribution in [0.25, 0.3) is 0 Å². The molecule has 0 aromatic rings. The summed E-state index contributed by atoms with van der Waals surface area (Å²) in [7, 11) is 0. The van der Waals surface area contributed by atoms with E-state index in [1.54, 1.807) is 0 Å². The van der Waals surface area contributed by atoms with Gasteiger partial charge in [-0.3, -0.25) is 0 Å². The normalized spacial score (nSPS) is 10.8. The van der Waals surface area contributed by atoms with Crippen molar-refractivity contribution in [3.8, 4) is 6.07 Å². The molecule has 0 aliphatic heterocycles. The lowest BCUT2D eigenvalue weighted by atomic mass is 10.2. The first-order valence-electron chi connectivity index (χ1n) is 5.33. The first-order chi connectivity index (χ1) is 6.22. The second kappa shape index (κ2) is 8.07. The van der Waals surface area contributed by atoms with Crippen molar-refractivity contribution in [2.24, 2.45) is 0 Å². The topological polar surface area (TPSA) is 27.0 Å². The van der Waals surface area contributed by atoms with Crippen LogP contribution in [-0.2, 0) is 0 Å². The number of hydrogen-bond acceptors (Lipinski definition) is 2. The molecule has 0 fully saturated rings. The molecule has 0 N–H and O–H groups in total. The van der Waals surface area contributed by atoms with Gasteiger partial charge in [-0.25, -0.2) is 0 Å². The van der Waals surface area contributed by atoms with Gasteiger partial charge in [-0.05, 0) is 46.2 Å². The Kier molecular flexibility index (Phi) is 7.73. The van der Waals surface area contributed by atoms with Crippen LogP contribution in [0.15, 0.2) is 0 Å². The predicted molar refractivity (Wildman–Crippen MR) is 56.5 cm³/mol. The molecule has 0 aliphatic rings. The van der Waals surface area contributed by atoms with Crippen LogP contribution in [0.4, 0.5) is 0 Å². The molecule has 0 saturated heterocycles. The second-order valence-corrected chi connectivity index (χ2v) is 3.74. The Morgan fingerprint density at radius 3 is 2.38 bits per heavy atom. The van der Waals surface area contributed by atoms with Crippen molar-refractivity contribution < 1.29 is 0 Å². The first-order valence-corrected chi connectivity index (χ1v) is 5.33. The third kappa shape index (κ3) is 6.60. The summed E-state index contributed by atoms with van der Waals surface area (Å²) >= 11 is 0. The molecule has 0 amide bonds. The minimum absolute atomic E-state index is 0.641. The van der Waals surface area contributed by atoms with Crippen molar-refractivity contribution in [3.05, 3.63) is 0 Å². The molecule has 0 heterocycles. The molecule has 13 heavy (non-hydrogen) atoms. The Labute approximate surface area is 82.5 Å². The Balaban J connectivity index is 3.52. The molecule has 0 atom stereocenters. The van der Waals surface area contributed by atoms with Crippen molar-refractivity contribution >= 4 is 0 Å². The van der Waals surface area contributed by atoms with Gasteiger partial charge in [-0.2, -0.15) is 5.26 Å². The van der Waals surface area contributed by atoms with Gasteiger partial charge in [0.25, 0.3) is 0 Å². The highest BCUT2D eigenvalue weighted by Crippen LogP contribution is 2.03. The number of unbranched alkanes of at least 4 members (excludes halogenated alkanes) is 2. The third-order valence-corrected chi connectivity index (χ3v) is 2.23. The molecule has 0 spiro atoms. The quantitative estimate of drug-likeness (QED) is 0.566. The molecule has 0 aliphatic carbocycles. The van der Waals surface area contributed by atoms with Gasteiger partial charge in [0.15, 0.2) is 0 Å². The Morgan fingerprint density at radius 1 is 1.23 bits per heavy atom. The summed E-state index contributed by atoms with van der Waals surface area (Å²) < 4.78 is 0. The highest BCUT2D eigenvalue weighted by molar-refractivity contribution is 4.69. The monoisotopic (exact) mass is 182 g/mol. The van der Waals surface area contributed by atoms with Crippen LogP contribution < -0.4 is 0 Å². The Hall–Kier alpha value is -0.550. The van der Waals surface area contributed by atoms with E-state index in [1.807, 2.05) is 0 Å². The van der Waals surface area contributed by atoms with E-state index < -0.39 is 0 Å². The van der Waals surface area contributed by atoms with Gasteiger partial charge in [0.1, 0.15) is 0 Å². The summed E-state index contributed by atoms with van der Waals surface area (Å²) in [5.74, 6) is 0. The van der Waals surface area contributed by atoms with Crippen molar-refractivity contribution in [2.45, 2.75) is 52.5 Å². The lowest BCUT2D eigenvalue weighted by Crippen LogP contribution is -2.32. The van der Waals surface area contributed by atoms with Gasteiger partial charge >= 0.3 is 0 Å². The van der Waals surface area contributed by atoms with Gasteiger partial charge < -0.3 is 4.90 Å². The number of hydrogen-bond donors (Lipinski definition) is 0. The second-order valence-electron chi connectivity index (χ2n) is 3.74. The Morgan fingerprint density at radius 2 is 1.92 bits per heavy atom. The molecular formula is C11H22N2. The van der Waals surface area contributed by atoms with E-state index in [9.17, 15) is 0 Å². The smallest absolute Gasteiger partial charge is 0.0621 e. The summed E-state index contributed by atoms with van der Waals surface area (Å²) in [5, 5.41) is 8.38. The van der Waals surface area contributed by atoms with Crippen molar-refractivity contribution in [1.82, 2.24) is 4.90 Å². The van der Waals surface area contributed by atoms with Crippen LogP contribution >= 0.6 is 0 Å². The molecule has 0 aromatic carbocycles. The van der Waals surface area contributed by atoms with Gasteiger partial charge in [0.2, 0.25) is 0 Å². The molecule has 0 unspecified atom stereocenters. The largest absolute Gasteiger partial charge is 0.301 e. The molecule has 0 aromatic heterocycles. The summed E-state index contributed by atoms with van der Waals surface area (Å²) in [6.45, 7) is 9.02. The van der Waals surface area contributed by atoms with Gasteiger partial charge in [-0.15, -0.1) is 0 Å². The van der Waals surface area contributed by atoms with Gasteiger partial charge in [-0.1, -0.05) is 6.92 Å². The molecule has 0 rings (SSSR count). The van der Waals surface area contributed by atoms with Crippen molar-refractivity contribution in [3.63, 3.8) is 0 Å². The fourth-order valence-electron chi connectivity index (χ4n) is 1.43. The summed E-state index contributed by atoms with van der Waals surface area (Å²) in [6, 6.07) is 2.82. The van der Waals surface area contributed by atoms with E-state index in [0.29, 0.717) is 12.5 Å². The van der Waals surface area contributed by atoms with E-state index in [2.05, 4.69) is 31.7 Å². The molecule has 0 saturated carbocycles. The fraction of sp³-hybridized carbons (Fsp3) is 0.909. The highest BCUT2D eigenvalue weighted by Gasteiger charge is 2.06. The van der Waals surface area contributed by atoms with Crippen LogP contribution in [0.3, 0.4) is 0 Å². The Bertz CT molecular complexity index is 147. The summed E-state index contributed by atoms with van der Waals surface area (Å²) in [5.41, 5.74) is 0. The molecule has 2 heteroatoms. The maximum Gasteiger partial charge on any atom is 0.0621 e. The average molecular weight is 182 g/mol. The van der Waals surface area contributed by atoms with Crippen LogP contribution in [0.5, 0.6) is 0 Å². The fourth-order valence-corrected chi connectivity index (χ4v) is 1.43. The molecule has 0 radical (unpaired) electrons. The van der Waals surface area contributed by atoms with Crippen molar-refractivity contribution in [2.75, 3.05) is 13.1 Å². The van der Waals surface area contributed by atoms with Crippen LogP contribution in [0.1, 0.15) is 46.5 Å². The maximum absolute atomic E-state index is 8.38. The molecule has 76 valence electrons. The minimum Gasteiger partial charge on any atom is -0.301 e. The third-order valence-electron chi connectivity index (χ3n) is 2.23. The van der Waals surface area contributed by atoms with Gasteiger partial charge in [0, 0.05) is 12.5 Å². The van der Waals surface area contributed by atoms with Gasteiger partial charge in [0.05, 0.1) is 6.07 Å². The van der Waals surface area contributed by atoms with E-state index >= 15 is 0 Å². The zero-order valence-electron chi connectivity index (χ0n) is 9.21. The molecule has 2 nitrogen and oxygen atoms in total. The zero-order valence-corrected chi connectivity index (χ0v) is 9.21. The molecule has 0 bridgehead atoms. The first kappa shape index (κ1) is 12.4. The molecular weight excluding hydrogens is 160 g/mol. The number of rotatable bonds is 7. The van der Waals surface area contributed by atoms with Crippen molar-refractivity contribution in [1.29, 1.82) is 5.26 Å². The van der Waals surface area contributed by atoms with E-state index in [1.165, 1.54) is 13.0 Å². The van der Waals surface area contributed by atoms with E-state index in [0.717, 1.165) is 19.4 Å². The lowest BCUT2D eigenvalue weighted by Gasteiger charge is -2.25. The van der Waals surface area contributed by atoms with E-state index in [-0.39, 0.29) is 0 Å². The van der Waals surface area contributed by atoms with Crippen LogP contribution in [-0.4, -0.2) is 24.0 Å². The zero-order chi connectivity index (χ0) is 10.1. The predicted octanol–water partition coefficient (Wildman–Crippen LogP) is 2.80. The number of nitriles is 1. The number of nitrogens with zero attached hydrogens (tertiary/aromatic N) is 2. The average Bonchev–Trinajstić information content (AvgIpc) is 2.10. The highest BCUT2D eigenvalue weighted by atomic mass is 15.1. The van der Waals surface area contributed by atoms with E-state index in [4.69, 9.17) is 5.26 Å².